The number of fused-ring (bicyclic) bond motifs is 1. The van der Waals surface area contributed by atoms with E-state index in [0.29, 0.717) is 48.2 Å². The number of hydrogen-bond acceptors (Lipinski definition) is 6. The molecule has 4 aromatic rings. The first-order valence-corrected chi connectivity index (χ1v) is 11.7. The summed E-state index contributed by atoms with van der Waals surface area (Å²) in [4.78, 5) is 41.4. The molecule has 1 saturated heterocycles. The third-order valence-electron chi connectivity index (χ3n) is 6.57. The number of aromatic nitrogens is 2. The molecule has 1 aliphatic heterocycles. The van der Waals surface area contributed by atoms with Crippen molar-refractivity contribution in [2.24, 2.45) is 0 Å². The lowest BCUT2D eigenvalue weighted by Crippen LogP contribution is -2.48. The fourth-order valence-corrected chi connectivity index (χ4v) is 4.67. The number of nitro groups is 1. The molecule has 2 heterocycles. The number of anilines is 1. The second-order valence-electron chi connectivity index (χ2n) is 8.93. The minimum Gasteiger partial charge on any atom is -0.368 e. The van der Waals surface area contributed by atoms with E-state index in [1.54, 1.807) is 31.2 Å². The molecule has 0 atom stereocenters. The predicted octanol–water partition coefficient (Wildman–Crippen LogP) is 3.87. The van der Waals surface area contributed by atoms with E-state index in [-0.39, 0.29) is 17.3 Å². The maximum Gasteiger partial charge on any atom is 0.295 e. The van der Waals surface area contributed by atoms with Gasteiger partial charge in [0.05, 0.1) is 16.0 Å². The zero-order valence-electron chi connectivity index (χ0n) is 20.0. The Balaban J connectivity index is 1.46. The number of piperazine rings is 1. The van der Waals surface area contributed by atoms with E-state index in [9.17, 15) is 19.7 Å². The van der Waals surface area contributed by atoms with Crippen LogP contribution in [-0.2, 0) is 0 Å². The summed E-state index contributed by atoms with van der Waals surface area (Å²) in [5.74, 6) is -0.00914. The van der Waals surface area contributed by atoms with Crippen LogP contribution in [0.2, 0.25) is 0 Å². The fourth-order valence-electron chi connectivity index (χ4n) is 4.67. The molecule has 0 spiro atoms. The Labute approximate surface area is 207 Å². The molecule has 0 saturated carbocycles. The molecule has 3 aromatic carbocycles. The lowest BCUT2D eigenvalue weighted by molar-refractivity contribution is -0.384. The summed E-state index contributed by atoms with van der Waals surface area (Å²) in [6, 6.07) is 19.4. The Morgan fingerprint density at radius 2 is 1.64 bits per heavy atom. The molecule has 1 aliphatic rings. The molecule has 1 aromatic heterocycles. The molecular formula is C27H25N5O4. The van der Waals surface area contributed by atoms with Gasteiger partial charge < -0.3 is 9.80 Å². The van der Waals surface area contributed by atoms with Crippen molar-refractivity contribution in [1.29, 1.82) is 0 Å². The number of carbonyl (C=O) groups is 1. The van der Waals surface area contributed by atoms with E-state index in [1.165, 1.54) is 6.07 Å². The number of benzene rings is 3. The van der Waals surface area contributed by atoms with E-state index < -0.39 is 10.5 Å². The zero-order valence-corrected chi connectivity index (χ0v) is 20.0. The Bertz CT molecular complexity index is 1550. The molecule has 0 aliphatic carbocycles. The van der Waals surface area contributed by atoms with Gasteiger partial charge in [0.2, 0.25) is 0 Å². The first kappa shape index (κ1) is 23.2. The molecule has 1 amide bonds. The first-order chi connectivity index (χ1) is 17.3. The van der Waals surface area contributed by atoms with Crippen molar-refractivity contribution in [3.05, 3.63) is 104 Å². The Morgan fingerprint density at radius 3 is 2.33 bits per heavy atom. The van der Waals surface area contributed by atoms with Crippen molar-refractivity contribution in [1.82, 2.24) is 14.7 Å². The molecule has 1 fully saturated rings. The van der Waals surface area contributed by atoms with Crippen molar-refractivity contribution < 1.29 is 9.72 Å². The van der Waals surface area contributed by atoms with Crippen LogP contribution in [-0.4, -0.2) is 51.7 Å². The van der Waals surface area contributed by atoms with E-state index in [4.69, 9.17) is 0 Å². The number of hydrogen-bond donors (Lipinski definition) is 0. The third kappa shape index (κ3) is 4.19. The van der Waals surface area contributed by atoms with E-state index in [1.807, 2.05) is 48.2 Å². The van der Waals surface area contributed by atoms with Gasteiger partial charge in [0.25, 0.3) is 17.2 Å². The zero-order chi connectivity index (χ0) is 25.4. The molecule has 0 unspecified atom stereocenters. The van der Waals surface area contributed by atoms with Crippen LogP contribution in [0.1, 0.15) is 21.6 Å². The maximum atomic E-state index is 13.2. The first-order valence-electron chi connectivity index (χ1n) is 11.7. The van der Waals surface area contributed by atoms with Crippen LogP contribution in [0.4, 0.5) is 11.4 Å². The number of nitro benzene ring substituents is 1. The van der Waals surface area contributed by atoms with Gasteiger partial charge in [0, 0.05) is 48.9 Å². The molecule has 9 nitrogen and oxygen atoms in total. The molecule has 0 radical (unpaired) electrons. The average molecular weight is 484 g/mol. The average Bonchev–Trinajstić information content (AvgIpc) is 2.90. The Morgan fingerprint density at radius 1 is 0.917 bits per heavy atom. The van der Waals surface area contributed by atoms with Gasteiger partial charge in [0.15, 0.2) is 0 Å². The second-order valence-corrected chi connectivity index (χ2v) is 8.93. The predicted molar refractivity (Wildman–Crippen MR) is 138 cm³/mol. The molecule has 0 N–H and O–H groups in total. The van der Waals surface area contributed by atoms with Crippen LogP contribution in [0.25, 0.3) is 16.5 Å². The normalized spacial score (nSPS) is 13.7. The second kappa shape index (κ2) is 9.26. The van der Waals surface area contributed by atoms with Crippen LogP contribution in [0.3, 0.4) is 0 Å². The van der Waals surface area contributed by atoms with Gasteiger partial charge in [-0.2, -0.15) is 9.78 Å². The number of aryl methyl sites for hydroxylation is 2. The summed E-state index contributed by atoms with van der Waals surface area (Å²) < 4.78 is 1.12. The lowest BCUT2D eigenvalue weighted by Gasteiger charge is -2.36. The summed E-state index contributed by atoms with van der Waals surface area (Å²) in [6.07, 6.45) is 0. The summed E-state index contributed by atoms with van der Waals surface area (Å²) in [6.45, 7) is 5.90. The van der Waals surface area contributed by atoms with Crippen LogP contribution in [0.15, 0.2) is 71.5 Å². The van der Waals surface area contributed by atoms with Crippen LogP contribution in [0.5, 0.6) is 0 Å². The third-order valence-corrected chi connectivity index (χ3v) is 6.57. The SMILES string of the molecule is Cc1cccc(C(=O)N2CCN(c3ccc([N+](=O)[O-])c(-n4nc(C)c5ccccc5c4=O)c3)CC2)c1. The highest BCUT2D eigenvalue weighted by Gasteiger charge is 2.25. The minimum absolute atomic E-state index is 0.00914. The highest BCUT2D eigenvalue weighted by atomic mass is 16.6. The quantitative estimate of drug-likeness (QED) is 0.323. The molecular weight excluding hydrogens is 458 g/mol. The number of nitrogens with zero attached hydrogens (tertiary/aromatic N) is 5. The number of rotatable bonds is 4. The highest BCUT2D eigenvalue weighted by Crippen LogP contribution is 2.29. The van der Waals surface area contributed by atoms with Crippen molar-refractivity contribution >= 4 is 28.1 Å². The largest absolute Gasteiger partial charge is 0.368 e. The molecule has 36 heavy (non-hydrogen) atoms. The van der Waals surface area contributed by atoms with Crippen molar-refractivity contribution in [2.45, 2.75) is 13.8 Å². The molecule has 9 heteroatoms. The summed E-state index contributed by atoms with van der Waals surface area (Å²) in [7, 11) is 0. The molecule has 5 rings (SSSR count). The van der Waals surface area contributed by atoms with Crippen LogP contribution >= 0.6 is 0 Å². The van der Waals surface area contributed by atoms with Crippen molar-refractivity contribution in [2.75, 3.05) is 31.1 Å². The van der Waals surface area contributed by atoms with Crippen LogP contribution < -0.4 is 10.5 Å². The monoisotopic (exact) mass is 483 g/mol. The minimum atomic E-state index is -0.504. The molecule has 0 bridgehead atoms. The summed E-state index contributed by atoms with van der Waals surface area (Å²) in [5.41, 5.74) is 2.55. The van der Waals surface area contributed by atoms with Crippen LogP contribution in [0, 0.1) is 24.0 Å². The smallest absolute Gasteiger partial charge is 0.295 e. The standard InChI is InChI=1S/C27H25N5O4/c1-18-6-5-7-20(16-18)26(33)30-14-12-29(13-15-30)21-10-11-24(32(35)36)25(17-21)31-27(34)23-9-4-3-8-22(23)19(2)28-31/h3-11,16-17H,12-15H2,1-2H3. The van der Waals surface area contributed by atoms with Gasteiger partial charge in [-0.25, -0.2) is 0 Å². The number of carbonyl (C=O) groups excluding carboxylic acids is 1. The van der Waals surface area contributed by atoms with E-state index >= 15 is 0 Å². The van der Waals surface area contributed by atoms with E-state index in [0.717, 1.165) is 15.9 Å². The number of amides is 1. The topological polar surface area (TPSA) is 102 Å². The Hall–Kier alpha value is -4.53. The van der Waals surface area contributed by atoms with Gasteiger partial charge in [-0.15, -0.1) is 0 Å². The van der Waals surface area contributed by atoms with Crippen molar-refractivity contribution in [3.63, 3.8) is 0 Å². The van der Waals surface area contributed by atoms with E-state index in [2.05, 4.69) is 10.00 Å². The summed E-state index contributed by atoms with van der Waals surface area (Å²) >= 11 is 0. The fraction of sp³-hybridized carbons (Fsp3) is 0.222. The summed E-state index contributed by atoms with van der Waals surface area (Å²) in [5, 5.41) is 17.4. The van der Waals surface area contributed by atoms with Crippen molar-refractivity contribution in [3.8, 4) is 5.69 Å². The maximum absolute atomic E-state index is 13.2. The Kier molecular flexibility index (Phi) is 5.97. The molecule has 182 valence electrons. The van der Waals surface area contributed by atoms with Gasteiger partial charge in [-0.05, 0) is 44.2 Å². The lowest BCUT2D eigenvalue weighted by atomic mass is 10.1. The van der Waals surface area contributed by atoms with Gasteiger partial charge in [-0.3, -0.25) is 19.7 Å². The van der Waals surface area contributed by atoms with Gasteiger partial charge in [0.1, 0.15) is 5.69 Å². The van der Waals surface area contributed by atoms with Gasteiger partial charge >= 0.3 is 0 Å². The highest BCUT2D eigenvalue weighted by molar-refractivity contribution is 5.94. The van der Waals surface area contributed by atoms with Gasteiger partial charge in [-0.1, -0.05) is 35.9 Å².